The average molecular weight is 334 g/mol. The smallest absolute Gasteiger partial charge is 0.258 e. The van der Waals surface area contributed by atoms with Gasteiger partial charge in [-0.1, -0.05) is 6.42 Å². The predicted molar refractivity (Wildman–Crippen MR) is 95.6 cm³/mol. The Balaban J connectivity index is 1.72. The summed E-state index contributed by atoms with van der Waals surface area (Å²) < 4.78 is 10.9. The van der Waals surface area contributed by atoms with Crippen molar-refractivity contribution in [2.24, 2.45) is 0 Å². The average Bonchev–Trinajstić information content (AvgIpc) is 2.60. The van der Waals surface area contributed by atoms with Crippen LogP contribution in [0.2, 0.25) is 0 Å². The van der Waals surface area contributed by atoms with Gasteiger partial charge in [-0.25, -0.2) is 0 Å². The molecule has 0 atom stereocenters. The minimum atomic E-state index is -0.0889. The van der Waals surface area contributed by atoms with Crippen molar-refractivity contribution < 1.29 is 14.3 Å². The molecule has 0 bridgehead atoms. The summed E-state index contributed by atoms with van der Waals surface area (Å²) in [4.78, 5) is 14.5. The monoisotopic (exact) mass is 334 g/mol. The second kappa shape index (κ2) is 8.92. The van der Waals surface area contributed by atoms with Crippen molar-refractivity contribution in [1.29, 1.82) is 0 Å². The summed E-state index contributed by atoms with van der Waals surface area (Å²) in [7, 11) is 0. The van der Waals surface area contributed by atoms with E-state index in [1.807, 2.05) is 31.2 Å². The number of amides is 1. The summed E-state index contributed by atoms with van der Waals surface area (Å²) in [5.41, 5.74) is -0.0186. The molecule has 1 aliphatic heterocycles. The number of carbonyl (C=O) groups excluding carboxylic acids is 1. The number of rotatable bonds is 8. The fraction of sp³-hybridized carbons (Fsp3) is 0.632. The number of nitrogens with zero attached hydrogens (tertiary/aromatic N) is 1. The summed E-state index contributed by atoms with van der Waals surface area (Å²) in [6.45, 7) is 9.85. The fourth-order valence-electron chi connectivity index (χ4n) is 2.92. The highest BCUT2D eigenvalue weighted by Crippen LogP contribution is 2.20. The number of hydrogen-bond acceptors (Lipinski definition) is 4. The molecule has 1 saturated heterocycles. The van der Waals surface area contributed by atoms with Crippen LogP contribution < -0.4 is 14.8 Å². The lowest BCUT2D eigenvalue weighted by atomic mass is 9.98. The van der Waals surface area contributed by atoms with E-state index in [4.69, 9.17) is 9.47 Å². The van der Waals surface area contributed by atoms with Crippen LogP contribution in [-0.2, 0) is 4.79 Å². The molecule has 5 heteroatoms. The van der Waals surface area contributed by atoms with E-state index in [0.717, 1.165) is 18.8 Å². The molecule has 1 heterocycles. The van der Waals surface area contributed by atoms with Crippen molar-refractivity contribution in [2.45, 2.75) is 45.6 Å². The molecule has 1 amide bonds. The SMILES string of the molecule is CCOc1ccc(OCC(=O)NCC(C)(C)N2CCCCC2)cc1. The largest absolute Gasteiger partial charge is 0.494 e. The number of carbonyl (C=O) groups is 1. The first-order chi connectivity index (χ1) is 11.5. The zero-order valence-electron chi connectivity index (χ0n) is 15.1. The third-order valence-electron chi connectivity index (χ3n) is 4.43. The number of hydrogen-bond donors (Lipinski definition) is 1. The van der Waals surface area contributed by atoms with Gasteiger partial charge in [-0.2, -0.15) is 0 Å². The molecule has 5 nitrogen and oxygen atoms in total. The molecule has 1 fully saturated rings. The molecule has 1 aliphatic rings. The minimum Gasteiger partial charge on any atom is -0.494 e. The van der Waals surface area contributed by atoms with Crippen molar-refractivity contribution in [1.82, 2.24) is 10.2 Å². The van der Waals surface area contributed by atoms with Crippen LogP contribution in [0, 0.1) is 0 Å². The molecule has 0 unspecified atom stereocenters. The zero-order valence-corrected chi connectivity index (χ0v) is 15.1. The normalized spacial score (nSPS) is 15.8. The van der Waals surface area contributed by atoms with Gasteiger partial charge in [0.05, 0.1) is 6.61 Å². The molecule has 0 aromatic heterocycles. The number of benzene rings is 1. The third-order valence-corrected chi connectivity index (χ3v) is 4.43. The van der Waals surface area contributed by atoms with Crippen LogP contribution >= 0.6 is 0 Å². The molecule has 1 aromatic rings. The van der Waals surface area contributed by atoms with Crippen LogP contribution in [0.15, 0.2) is 24.3 Å². The van der Waals surface area contributed by atoms with E-state index in [1.54, 1.807) is 0 Å². The van der Waals surface area contributed by atoms with Gasteiger partial charge in [0.2, 0.25) is 0 Å². The van der Waals surface area contributed by atoms with Crippen LogP contribution in [-0.4, -0.2) is 49.2 Å². The Kier molecular flexibility index (Phi) is 6.91. The molecular weight excluding hydrogens is 304 g/mol. The maximum atomic E-state index is 12.0. The van der Waals surface area contributed by atoms with E-state index in [2.05, 4.69) is 24.1 Å². The van der Waals surface area contributed by atoms with Gasteiger partial charge in [0.15, 0.2) is 6.61 Å². The highest BCUT2D eigenvalue weighted by atomic mass is 16.5. The van der Waals surface area contributed by atoms with Crippen LogP contribution in [0.4, 0.5) is 0 Å². The predicted octanol–water partition coefficient (Wildman–Crippen LogP) is 2.84. The molecule has 0 spiro atoms. The Morgan fingerprint density at radius 3 is 2.25 bits per heavy atom. The Labute approximate surface area is 145 Å². The van der Waals surface area contributed by atoms with Crippen LogP contribution in [0.3, 0.4) is 0 Å². The van der Waals surface area contributed by atoms with Gasteiger partial charge in [0.25, 0.3) is 5.91 Å². The Morgan fingerprint density at radius 1 is 1.08 bits per heavy atom. The summed E-state index contributed by atoms with van der Waals surface area (Å²) in [5, 5.41) is 2.99. The highest BCUT2D eigenvalue weighted by Gasteiger charge is 2.28. The summed E-state index contributed by atoms with van der Waals surface area (Å²) >= 11 is 0. The van der Waals surface area contributed by atoms with Gasteiger partial charge >= 0.3 is 0 Å². The topological polar surface area (TPSA) is 50.8 Å². The lowest BCUT2D eigenvalue weighted by molar-refractivity contribution is -0.123. The van der Waals surface area contributed by atoms with E-state index >= 15 is 0 Å². The van der Waals surface area contributed by atoms with Crippen molar-refractivity contribution in [2.75, 3.05) is 32.8 Å². The zero-order chi connectivity index (χ0) is 17.4. The highest BCUT2D eigenvalue weighted by molar-refractivity contribution is 5.77. The van der Waals surface area contributed by atoms with Crippen molar-refractivity contribution >= 4 is 5.91 Å². The van der Waals surface area contributed by atoms with E-state index in [0.29, 0.717) is 18.9 Å². The van der Waals surface area contributed by atoms with E-state index in [1.165, 1.54) is 19.3 Å². The molecule has 24 heavy (non-hydrogen) atoms. The van der Waals surface area contributed by atoms with Crippen molar-refractivity contribution in [3.63, 3.8) is 0 Å². The Hall–Kier alpha value is -1.75. The molecule has 134 valence electrons. The first kappa shape index (κ1) is 18.6. The summed E-state index contributed by atoms with van der Waals surface area (Å²) in [6, 6.07) is 7.32. The fourth-order valence-corrected chi connectivity index (χ4v) is 2.92. The van der Waals surface area contributed by atoms with Crippen LogP contribution in [0.1, 0.15) is 40.0 Å². The standard InChI is InChI=1S/C19H30N2O3/c1-4-23-16-8-10-17(11-9-16)24-14-18(22)20-15-19(2,3)21-12-6-5-7-13-21/h8-11H,4-7,12-15H2,1-3H3,(H,20,22). The Bertz CT molecular complexity index is 508. The molecule has 1 aromatic carbocycles. The lowest BCUT2D eigenvalue weighted by Crippen LogP contribution is -2.53. The second-order valence-electron chi connectivity index (χ2n) is 6.83. The first-order valence-corrected chi connectivity index (χ1v) is 8.88. The van der Waals surface area contributed by atoms with Crippen LogP contribution in [0.5, 0.6) is 11.5 Å². The summed E-state index contributed by atoms with van der Waals surface area (Å²) in [5.74, 6) is 1.38. The first-order valence-electron chi connectivity index (χ1n) is 8.88. The quantitative estimate of drug-likeness (QED) is 0.794. The van der Waals surface area contributed by atoms with Gasteiger partial charge in [0.1, 0.15) is 11.5 Å². The van der Waals surface area contributed by atoms with Gasteiger partial charge in [-0.15, -0.1) is 0 Å². The number of ether oxygens (including phenoxy) is 2. The van der Waals surface area contributed by atoms with E-state index in [9.17, 15) is 4.79 Å². The molecule has 2 rings (SSSR count). The maximum absolute atomic E-state index is 12.0. The lowest BCUT2D eigenvalue weighted by Gasteiger charge is -2.41. The van der Waals surface area contributed by atoms with Crippen LogP contribution in [0.25, 0.3) is 0 Å². The maximum Gasteiger partial charge on any atom is 0.258 e. The summed E-state index contributed by atoms with van der Waals surface area (Å²) in [6.07, 6.45) is 3.81. The number of piperidine rings is 1. The van der Waals surface area contributed by atoms with E-state index in [-0.39, 0.29) is 18.1 Å². The number of likely N-dealkylation sites (tertiary alicyclic amines) is 1. The third kappa shape index (κ3) is 5.71. The van der Waals surface area contributed by atoms with Gasteiger partial charge in [-0.3, -0.25) is 9.69 Å². The van der Waals surface area contributed by atoms with Crippen molar-refractivity contribution in [3.8, 4) is 11.5 Å². The number of nitrogens with one attached hydrogen (secondary N) is 1. The van der Waals surface area contributed by atoms with Gasteiger partial charge in [-0.05, 0) is 71.0 Å². The molecule has 1 N–H and O–H groups in total. The minimum absolute atomic E-state index is 0.0186. The molecule has 0 saturated carbocycles. The van der Waals surface area contributed by atoms with Gasteiger partial charge < -0.3 is 14.8 Å². The second-order valence-corrected chi connectivity index (χ2v) is 6.83. The molecule has 0 aliphatic carbocycles. The van der Waals surface area contributed by atoms with Gasteiger partial charge in [0, 0.05) is 12.1 Å². The molecular formula is C19H30N2O3. The Morgan fingerprint density at radius 2 is 1.67 bits per heavy atom. The van der Waals surface area contributed by atoms with Crippen molar-refractivity contribution in [3.05, 3.63) is 24.3 Å². The molecule has 0 radical (unpaired) electrons. The van der Waals surface area contributed by atoms with E-state index < -0.39 is 0 Å².